The average Bonchev–Trinajstić information content (AvgIpc) is 2.16. The Kier molecular flexibility index (Phi) is 4.70. The van der Waals surface area contributed by atoms with Gasteiger partial charge in [0.1, 0.15) is 0 Å². The van der Waals surface area contributed by atoms with Crippen LogP contribution in [0.5, 0.6) is 0 Å². The summed E-state index contributed by atoms with van der Waals surface area (Å²) in [5.41, 5.74) is 0. The van der Waals surface area contributed by atoms with Gasteiger partial charge in [0.05, 0.1) is 12.2 Å². The van der Waals surface area contributed by atoms with E-state index >= 15 is 0 Å². The molecule has 1 fully saturated rings. The van der Waals surface area contributed by atoms with Gasteiger partial charge in [-0.1, -0.05) is 19.8 Å². The number of rotatable bonds is 4. The minimum atomic E-state index is -0.269. The molecule has 0 aromatic carbocycles. The van der Waals surface area contributed by atoms with Crippen molar-refractivity contribution in [2.75, 3.05) is 6.54 Å². The Labute approximate surface area is 80.2 Å². The van der Waals surface area contributed by atoms with Crippen molar-refractivity contribution in [3.8, 4) is 0 Å². The third-order valence-electron chi connectivity index (χ3n) is 2.82. The summed E-state index contributed by atoms with van der Waals surface area (Å²) in [5, 5.41) is 22.2. The van der Waals surface area contributed by atoms with Gasteiger partial charge in [-0.25, -0.2) is 0 Å². The van der Waals surface area contributed by atoms with E-state index in [2.05, 4.69) is 5.32 Å². The van der Waals surface area contributed by atoms with Crippen LogP contribution < -0.4 is 5.32 Å². The lowest BCUT2D eigenvalue weighted by Crippen LogP contribution is -2.44. The largest absolute Gasteiger partial charge is 0.392 e. The second kappa shape index (κ2) is 5.58. The number of nitrogens with one attached hydrogen (secondary N) is 1. The molecule has 1 rings (SSSR count). The van der Waals surface area contributed by atoms with Crippen molar-refractivity contribution in [1.29, 1.82) is 0 Å². The van der Waals surface area contributed by atoms with E-state index in [0.717, 1.165) is 25.7 Å². The van der Waals surface area contributed by atoms with Gasteiger partial charge in [-0.2, -0.15) is 0 Å². The Bertz CT molecular complexity index is 141. The van der Waals surface area contributed by atoms with E-state index in [1.54, 1.807) is 0 Å². The zero-order valence-corrected chi connectivity index (χ0v) is 8.37. The maximum absolute atomic E-state index is 9.61. The van der Waals surface area contributed by atoms with Gasteiger partial charge in [0.15, 0.2) is 0 Å². The first-order valence-electron chi connectivity index (χ1n) is 5.33. The molecule has 3 atom stereocenters. The molecule has 0 heterocycles. The molecule has 0 aromatic heterocycles. The fraction of sp³-hybridized carbons (Fsp3) is 1.00. The first-order valence-corrected chi connectivity index (χ1v) is 5.33. The Morgan fingerprint density at radius 3 is 2.69 bits per heavy atom. The van der Waals surface area contributed by atoms with Crippen molar-refractivity contribution >= 4 is 0 Å². The molecule has 1 unspecified atom stereocenters. The lowest BCUT2D eigenvalue weighted by molar-refractivity contribution is 0.0793. The monoisotopic (exact) mass is 187 g/mol. The lowest BCUT2D eigenvalue weighted by atomic mass is 9.92. The molecular formula is C10H21NO2. The van der Waals surface area contributed by atoms with Crippen molar-refractivity contribution in [3.05, 3.63) is 0 Å². The summed E-state index contributed by atoms with van der Waals surface area (Å²) in [6.45, 7) is 2.57. The predicted octanol–water partition coefficient (Wildman–Crippen LogP) is 0.650. The molecule has 1 aliphatic carbocycles. The molecule has 0 amide bonds. The van der Waals surface area contributed by atoms with Crippen LogP contribution in [-0.4, -0.2) is 35.0 Å². The van der Waals surface area contributed by atoms with Crippen LogP contribution in [0.1, 0.15) is 39.0 Å². The Morgan fingerprint density at radius 1 is 1.38 bits per heavy atom. The quantitative estimate of drug-likeness (QED) is 0.605. The molecule has 1 aliphatic rings. The molecule has 13 heavy (non-hydrogen) atoms. The van der Waals surface area contributed by atoms with Gasteiger partial charge >= 0.3 is 0 Å². The third-order valence-corrected chi connectivity index (χ3v) is 2.82. The van der Waals surface area contributed by atoms with E-state index in [1.165, 1.54) is 6.42 Å². The van der Waals surface area contributed by atoms with Gasteiger partial charge in [-0.05, 0) is 19.3 Å². The van der Waals surface area contributed by atoms with E-state index in [-0.39, 0.29) is 18.2 Å². The van der Waals surface area contributed by atoms with Crippen molar-refractivity contribution in [3.63, 3.8) is 0 Å². The Hall–Kier alpha value is -0.120. The maximum Gasteiger partial charge on any atom is 0.0693 e. The zero-order valence-electron chi connectivity index (χ0n) is 8.37. The number of hydrogen-bond acceptors (Lipinski definition) is 3. The number of aliphatic hydroxyl groups is 2. The molecule has 1 saturated carbocycles. The number of hydrogen-bond donors (Lipinski definition) is 3. The van der Waals surface area contributed by atoms with Crippen molar-refractivity contribution < 1.29 is 10.2 Å². The molecule has 3 nitrogen and oxygen atoms in total. The molecule has 0 aliphatic heterocycles. The predicted molar refractivity (Wildman–Crippen MR) is 52.6 cm³/mol. The normalized spacial score (nSPS) is 31.6. The minimum Gasteiger partial charge on any atom is -0.392 e. The highest BCUT2D eigenvalue weighted by atomic mass is 16.3. The van der Waals surface area contributed by atoms with Crippen molar-refractivity contribution in [2.24, 2.45) is 0 Å². The summed E-state index contributed by atoms with van der Waals surface area (Å²) in [7, 11) is 0. The maximum atomic E-state index is 9.61. The average molecular weight is 187 g/mol. The molecule has 0 radical (unpaired) electrons. The second-order valence-electron chi connectivity index (χ2n) is 3.93. The molecular weight excluding hydrogens is 166 g/mol. The minimum absolute atomic E-state index is 0.204. The molecule has 78 valence electrons. The topological polar surface area (TPSA) is 52.5 Å². The smallest absolute Gasteiger partial charge is 0.0693 e. The Morgan fingerprint density at radius 2 is 2.08 bits per heavy atom. The van der Waals surface area contributed by atoms with Crippen molar-refractivity contribution in [1.82, 2.24) is 5.32 Å². The van der Waals surface area contributed by atoms with E-state index < -0.39 is 0 Å². The van der Waals surface area contributed by atoms with Crippen molar-refractivity contribution in [2.45, 2.75) is 57.3 Å². The number of aliphatic hydroxyl groups excluding tert-OH is 2. The summed E-state index contributed by atoms with van der Waals surface area (Å²) in [4.78, 5) is 0. The zero-order chi connectivity index (χ0) is 9.68. The van der Waals surface area contributed by atoms with E-state index in [9.17, 15) is 10.2 Å². The van der Waals surface area contributed by atoms with E-state index in [1.807, 2.05) is 6.92 Å². The standard InChI is InChI=1S/C10H21NO2/c1-2-8(12)7-11-9-5-3-4-6-10(9)13/h8-13H,2-7H2,1H3/t8?,9-,10-/m0/s1. The summed E-state index contributed by atoms with van der Waals surface area (Å²) in [6, 6.07) is 0.204. The first-order chi connectivity index (χ1) is 6.24. The molecule has 0 spiro atoms. The van der Waals surface area contributed by atoms with Gasteiger partial charge in [0.25, 0.3) is 0 Å². The molecule has 0 saturated heterocycles. The summed E-state index contributed by atoms with van der Waals surface area (Å²) >= 11 is 0. The third kappa shape index (κ3) is 3.63. The van der Waals surface area contributed by atoms with Gasteiger partial charge in [-0.3, -0.25) is 0 Å². The first kappa shape index (κ1) is 11.0. The van der Waals surface area contributed by atoms with E-state index in [4.69, 9.17) is 0 Å². The second-order valence-corrected chi connectivity index (χ2v) is 3.93. The highest BCUT2D eigenvalue weighted by Gasteiger charge is 2.22. The summed E-state index contributed by atoms with van der Waals surface area (Å²) in [5.74, 6) is 0. The fourth-order valence-electron chi connectivity index (χ4n) is 1.78. The van der Waals surface area contributed by atoms with Crippen LogP contribution in [0, 0.1) is 0 Å². The fourth-order valence-corrected chi connectivity index (χ4v) is 1.78. The van der Waals surface area contributed by atoms with Gasteiger partial charge < -0.3 is 15.5 Å². The lowest BCUT2D eigenvalue weighted by Gasteiger charge is -2.29. The Balaban J connectivity index is 2.18. The van der Waals surface area contributed by atoms with Gasteiger partial charge in [-0.15, -0.1) is 0 Å². The van der Waals surface area contributed by atoms with Crippen LogP contribution in [0.2, 0.25) is 0 Å². The molecule has 0 bridgehead atoms. The van der Waals surface area contributed by atoms with Gasteiger partial charge in [0.2, 0.25) is 0 Å². The highest BCUT2D eigenvalue weighted by molar-refractivity contribution is 4.80. The van der Waals surface area contributed by atoms with E-state index in [0.29, 0.717) is 6.54 Å². The molecule has 3 heteroatoms. The van der Waals surface area contributed by atoms with Crippen LogP contribution in [0.25, 0.3) is 0 Å². The summed E-state index contributed by atoms with van der Waals surface area (Å²) < 4.78 is 0. The SMILES string of the molecule is CCC(O)CN[C@H]1CCCC[C@@H]1O. The van der Waals surface area contributed by atoms with Crippen LogP contribution in [0.15, 0.2) is 0 Å². The molecule has 0 aromatic rings. The summed E-state index contributed by atoms with van der Waals surface area (Å²) in [6.07, 6.45) is 4.56. The van der Waals surface area contributed by atoms with Crippen LogP contribution in [0.4, 0.5) is 0 Å². The highest BCUT2D eigenvalue weighted by Crippen LogP contribution is 2.18. The van der Waals surface area contributed by atoms with Crippen LogP contribution >= 0.6 is 0 Å². The van der Waals surface area contributed by atoms with Crippen LogP contribution in [0.3, 0.4) is 0 Å². The van der Waals surface area contributed by atoms with Crippen LogP contribution in [-0.2, 0) is 0 Å². The molecule has 3 N–H and O–H groups in total. The van der Waals surface area contributed by atoms with Gasteiger partial charge in [0, 0.05) is 12.6 Å².